The van der Waals surface area contributed by atoms with Gasteiger partial charge in [0.15, 0.2) is 5.69 Å². The number of fused-ring (bicyclic) bond motifs is 1. The minimum atomic E-state index is -1.21. The van der Waals surface area contributed by atoms with Gasteiger partial charge in [-0.05, 0) is 12.1 Å². The fraction of sp³-hybridized carbons (Fsp3) is 0.143. The van der Waals surface area contributed by atoms with Crippen LogP contribution in [-0.4, -0.2) is 36.3 Å². The van der Waals surface area contributed by atoms with Crippen molar-refractivity contribution < 1.29 is 14.7 Å². The number of nitrogens with zero attached hydrogens (tertiary/aromatic N) is 4. The lowest BCUT2D eigenvalue weighted by Gasteiger charge is -2.03. The molecule has 2 N–H and O–H groups in total. The van der Waals surface area contributed by atoms with Gasteiger partial charge in [-0.25, -0.2) is 9.78 Å². The molecule has 0 aliphatic heterocycles. The number of hydrogen-bond acceptors (Lipinski definition) is 4. The first-order valence-electron chi connectivity index (χ1n) is 6.47. The second-order valence-corrected chi connectivity index (χ2v) is 4.81. The molecule has 0 bridgehead atoms. The normalized spacial score (nSPS) is 10.8. The first-order valence-corrected chi connectivity index (χ1v) is 6.47. The van der Waals surface area contributed by atoms with Crippen LogP contribution in [0.2, 0.25) is 0 Å². The Balaban J connectivity index is 1.97. The highest BCUT2D eigenvalue weighted by Gasteiger charge is 2.22. The Kier molecular flexibility index (Phi) is 3.13. The fourth-order valence-electron chi connectivity index (χ4n) is 2.23. The summed E-state index contributed by atoms with van der Waals surface area (Å²) in [7, 11) is 3.32. The number of benzene rings is 1. The van der Waals surface area contributed by atoms with Gasteiger partial charge in [-0.1, -0.05) is 12.1 Å². The molecule has 112 valence electrons. The van der Waals surface area contributed by atoms with Crippen molar-refractivity contribution >= 4 is 28.9 Å². The maximum atomic E-state index is 12.3. The molecular weight excluding hydrogens is 286 g/mol. The van der Waals surface area contributed by atoms with E-state index in [1.165, 1.54) is 10.9 Å². The third-order valence-corrected chi connectivity index (χ3v) is 3.29. The van der Waals surface area contributed by atoms with Gasteiger partial charge in [0.25, 0.3) is 5.91 Å². The van der Waals surface area contributed by atoms with Crippen molar-refractivity contribution in [3.05, 3.63) is 41.7 Å². The van der Waals surface area contributed by atoms with Crippen LogP contribution in [-0.2, 0) is 14.1 Å². The lowest BCUT2D eigenvalue weighted by molar-refractivity contribution is 0.0692. The lowest BCUT2D eigenvalue weighted by Crippen LogP contribution is -2.18. The molecule has 0 spiro atoms. The zero-order valence-electron chi connectivity index (χ0n) is 11.9. The van der Waals surface area contributed by atoms with E-state index in [1.807, 2.05) is 24.3 Å². The summed E-state index contributed by atoms with van der Waals surface area (Å²) in [6.07, 6.45) is 1.28. The van der Waals surface area contributed by atoms with E-state index in [2.05, 4.69) is 15.4 Å². The quantitative estimate of drug-likeness (QED) is 0.758. The highest BCUT2D eigenvalue weighted by atomic mass is 16.4. The number of para-hydroxylation sites is 2. The van der Waals surface area contributed by atoms with Gasteiger partial charge < -0.3 is 9.67 Å². The van der Waals surface area contributed by atoms with Crippen LogP contribution in [0.15, 0.2) is 30.5 Å². The molecule has 0 aliphatic carbocycles. The van der Waals surface area contributed by atoms with Crippen molar-refractivity contribution in [1.82, 2.24) is 19.3 Å². The fourth-order valence-corrected chi connectivity index (χ4v) is 2.23. The molecule has 0 unspecified atom stereocenters. The van der Waals surface area contributed by atoms with Gasteiger partial charge >= 0.3 is 5.97 Å². The average molecular weight is 299 g/mol. The summed E-state index contributed by atoms with van der Waals surface area (Å²) in [6.45, 7) is 0. The predicted molar refractivity (Wildman–Crippen MR) is 78.8 cm³/mol. The molecule has 0 fully saturated rings. The second-order valence-electron chi connectivity index (χ2n) is 4.81. The van der Waals surface area contributed by atoms with Gasteiger partial charge in [-0.15, -0.1) is 0 Å². The van der Waals surface area contributed by atoms with Crippen LogP contribution in [0, 0.1) is 0 Å². The van der Waals surface area contributed by atoms with Gasteiger partial charge in [0.05, 0.1) is 11.0 Å². The van der Waals surface area contributed by atoms with Crippen LogP contribution < -0.4 is 5.32 Å². The van der Waals surface area contributed by atoms with Gasteiger partial charge in [0.2, 0.25) is 5.95 Å². The third kappa shape index (κ3) is 2.20. The van der Waals surface area contributed by atoms with Crippen molar-refractivity contribution in [3.8, 4) is 0 Å². The van der Waals surface area contributed by atoms with Crippen molar-refractivity contribution in [2.45, 2.75) is 0 Å². The zero-order valence-corrected chi connectivity index (χ0v) is 11.9. The molecule has 1 aromatic carbocycles. The maximum Gasteiger partial charge on any atom is 0.339 e. The number of nitrogens with one attached hydrogen (secondary N) is 1. The molecule has 2 heterocycles. The Morgan fingerprint density at radius 3 is 2.64 bits per heavy atom. The number of hydrogen-bond donors (Lipinski definition) is 2. The Morgan fingerprint density at radius 2 is 1.95 bits per heavy atom. The molecule has 3 rings (SSSR count). The van der Waals surface area contributed by atoms with E-state index < -0.39 is 11.9 Å². The largest absolute Gasteiger partial charge is 0.478 e. The highest BCUT2D eigenvalue weighted by Crippen LogP contribution is 2.18. The minimum absolute atomic E-state index is 0.151. The van der Waals surface area contributed by atoms with E-state index in [1.54, 1.807) is 18.7 Å². The summed E-state index contributed by atoms with van der Waals surface area (Å²) in [5.74, 6) is -1.49. The van der Waals surface area contributed by atoms with Crippen LogP contribution in [0.3, 0.4) is 0 Å². The number of carboxylic acid groups (broad SMARTS) is 1. The summed E-state index contributed by atoms with van der Waals surface area (Å²) < 4.78 is 3.00. The molecule has 0 saturated heterocycles. The van der Waals surface area contributed by atoms with Gasteiger partial charge in [-0.2, -0.15) is 5.10 Å². The highest BCUT2D eigenvalue weighted by molar-refractivity contribution is 6.09. The van der Waals surface area contributed by atoms with Gasteiger partial charge in [0, 0.05) is 20.3 Å². The number of rotatable bonds is 3. The van der Waals surface area contributed by atoms with Crippen molar-refractivity contribution in [2.75, 3.05) is 5.32 Å². The number of anilines is 1. The molecule has 22 heavy (non-hydrogen) atoms. The molecule has 0 atom stereocenters. The van der Waals surface area contributed by atoms with E-state index >= 15 is 0 Å². The van der Waals surface area contributed by atoms with Crippen LogP contribution >= 0.6 is 0 Å². The van der Waals surface area contributed by atoms with Crippen molar-refractivity contribution in [3.63, 3.8) is 0 Å². The smallest absolute Gasteiger partial charge is 0.339 e. The SMILES string of the molecule is Cn1cc(C(=O)O)c(C(=O)Nc2nc3ccccc3n2C)n1. The zero-order chi connectivity index (χ0) is 15.9. The summed E-state index contributed by atoms with van der Waals surface area (Å²) in [4.78, 5) is 27.7. The van der Waals surface area contributed by atoms with E-state index in [-0.39, 0.29) is 11.3 Å². The monoisotopic (exact) mass is 299 g/mol. The average Bonchev–Trinajstić information content (AvgIpc) is 3.01. The van der Waals surface area contributed by atoms with Gasteiger partial charge in [-0.3, -0.25) is 14.8 Å². The Morgan fingerprint density at radius 1 is 1.23 bits per heavy atom. The van der Waals surface area contributed by atoms with Crippen molar-refractivity contribution in [2.24, 2.45) is 14.1 Å². The van der Waals surface area contributed by atoms with Crippen LogP contribution in [0.5, 0.6) is 0 Å². The number of amides is 1. The van der Waals surface area contributed by atoms with Crippen LogP contribution in [0.25, 0.3) is 11.0 Å². The number of aromatic nitrogens is 4. The molecule has 0 aliphatic rings. The third-order valence-electron chi connectivity index (χ3n) is 3.29. The molecule has 0 saturated carbocycles. The summed E-state index contributed by atoms with van der Waals surface area (Å²) >= 11 is 0. The predicted octanol–water partition coefficient (Wildman–Crippen LogP) is 1.26. The molecular formula is C14H13N5O3. The number of imidazole rings is 1. The Labute approximate surface area is 125 Å². The lowest BCUT2D eigenvalue weighted by atomic mass is 10.2. The summed E-state index contributed by atoms with van der Waals surface area (Å²) in [5, 5.41) is 15.6. The topological polar surface area (TPSA) is 102 Å². The molecule has 3 aromatic rings. The van der Waals surface area contributed by atoms with E-state index in [0.717, 1.165) is 11.0 Å². The molecule has 0 radical (unpaired) electrons. The molecule has 2 aromatic heterocycles. The molecule has 8 nitrogen and oxygen atoms in total. The van der Waals surface area contributed by atoms with Gasteiger partial charge in [0.1, 0.15) is 5.56 Å². The summed E-state index contributed by atoms with van der Waals surface area (Å²) in [6, 6.07) is 7.43. The van der Waals surface area contributed by atoms with E-state index in [0.29, 0.717) is 5.95 Å². The summed E-state index contributed by atoms with van der Waals surface area (Å²) in [5.41, 5.74) is 1.29. The minimum Gasteiger partial charge on any atom is -0.478 e. The number of aromatic carboxylic acids is 1. The molecule has 8 heteroatoms. The number of carbonyl (C=O) groups is 2. The van der Waals surface area contributed by atoms with E-state index in [9.17, 15) is 9.59 Å². The maximum absolute atomic E-state index is 12.3. The number of aryl methyl sites for hydroxylation is 2. The van der Waals surface area contributed by atoms with Crippen LogP contribution in [0.4, 0.5) is 5.95 Å². The Hall–Kier alpha value is -3.16. The number of carbonyl (C=O) groups excluding carboxylic acids is 1. The van der Waals surface area contributed by atoms with E-state index in [4.69, 9.17) is 5.11 Å². The van der Waals surface area contributed by atoms with Crippen molar-refractivity contribution in [1.29, 1.82) is 0 Å². The number of carboxylic acids is 1. The second kappa shape index (κ2) is 4.99. The molecule has 1 amide bonds. The first kappa shape index (κ1) is 13.8. The van der Waals surface area contributed by atoms with Crippen LogP contribution in [0.1, 0.15) is 20.8 Å². The first-order chi connectivity index (χ1) is 10.5. The Bertz CT molecular complexity index is 893. The standard InChI is InChI=1S/C14H13N5O3/c1-18-7-8(13(21)22)11(17-18)12(20)16-14-15-9-5-3-4-6-10(9)19(14)2/h3-7H,1-2H3,(H,21,22)(H,15,16,20).